The van der Waals surface area contributed by atoms with Crippen molar-refractivity contribution in [2.75, 3.05) is 50.1 Å². The van der Waals surface area contributed by atoms with Gasteiger partial charge in [0, 0.05) is 38.3 Å². The molecular weight excluding hydrogens is 398 g/mol. The maximum absolute atomic E-state index is 12.4. The highest BCUT2D eigenvalue weighted by Gasteiger charge is 2.19. The molecule has 9 nitrogen and oxygen atoms in total. The van der Waals surface area contributed by atoms with Gasteiger partial charge in [0.2, 0.25) is 5.91 Å². The molecule has 1 fully saturated rings. The van der Waals surface area contributed by atoms with Crippen LogP contribution in [0.25, 0.3) is 0 Å². The summed E-state index contributed by atoms with van der Waals surface area (Å²) in [5.74, 6) is 0.0996. The number of ether oxygens (including phenoxy) is 1. The van der Waals surface area contributed by atoms with Crippen LogP contribution in [0.1, 0.15) is 18.4 Å². The van der Waals surface area contributed by atoms with E-state index in [1.54, 1.807) is 6.07 Å². The van der Waals surface area contributed by atoms with Crippen molar-refractivity contribution in [3.8, 4) is 11.8 Å². The van der Waals surface area contributed by atoms with E-state index in [2.05, 4.69) is 21.2 Å². The number of nitrogens with one attached hydrogen (secondary N) is 1. The average Bonchev–Trinajstić information content (AvgIpc) is 3.03. The van der Waals surface area contributed by atoms with E-state index in [-0.39, 0.29) is 23.7 Å². The van der Waals surface area contributed by atoms with Crippen molar-refractivity contribution in [3.05, 3.63) is 58.1 Å². The highest BCUT2D eigenvalue weighted by molar-refractivity contribution is 5.93. The van der Waals surface area contributed by atoms with E-state index >= 15 is 0 Å². The molecule has 1 aliphatic rings. The zero-order valence-corrected chi connectivity index (χ0v) is 17.4. The molecule has 0 saturated carbocycles. The lowest BCUT2D eigenvalue weighted by Gasteiger charge is -2.23. The first-order valence-corrected chi connectivity index (χ1v) is 10.1. The van der Waals surface area contributed by atoms with E-state index < -0.39 is 4.92 Å². The minimum atomic E-state index is -0.537. The van der Waals surface area contributed by atoms with Crippen LogP contribution in [-0.2, 0) is 4.79 Å². The van der Waals surface area contributed by atoms with Gasteiger partial charge in [-0.05, 0) is 49.4 Å². The predicted octanol–water partition coefficient (Wildman–Crippen LogP) is 3.02. The number of benzene rings is 2. The third kappa shape index (κ3) is 5.93. The maximum Gasteiger partial charge on any atom is 0.296 e. The Balaban J connectivity index is 1.52. The number of rotatable bonds is 7. The minimum Gasteiger partial charge on any atom is -0.496 e. The Morgan fingerprint density at radius 3 is 2.65 bits per heavy atom. The molecule has 2 aromatic carbocycles. The summed E-state index contributed by atoms with van der Waals surface area (Å²) in [6.45, 7) is 4.01. The first-order valence-electron chi connectivity index (χ1n) is 10.1. The molecule has 0 bridgehead atoms. The van der Waals surface area contributed by atoms with Crippen LogP contribution in [0.2, 0.25) is 0 Å². The van der Waals surface area contributed by atoms with Crippen LogP contribution < -0.4 is 15.0 Å². The summed E-state index contributed by atoms with van der Waals surface area (Å²) in [5, 5.41) is 22.9. The van der Waals surface area contributed by atoms with E-state index in [0.29, 0.717) is 17.9 Å². The average molecular weight is 423 g/mol. The Bertz CT molecular complexity index is 971. The Kier molecular flexibility index (Phi) is 7.40. The monoisotopic (exact) mass is 423 g/mol. The molecule has 0 aromatic heterocycles. The van der Waals surface area contributed by atoms with Gasteiger partial charge in [-0.1, -0.05) is 0 Å². The first-order chi connectivity index (χ1) is 15.0. The number of hydrogen-bond acceptors (Lipinski definition) is 7. The number of hydrogen-bond donors (Lipinski definition) is 1. The Labute approximate surface area is 181 Å². The van der Waals surface area contributed by atoms with Gasteiger partial charge in [-0.15, -0.1) is 0 Å². The molecule has 1 aliphatic heterocycles. The van der Waals surface area contributed by atoms with Gasteiger partial charge in [0.25, 0.3) is 5.69 Å². The molecule has 9 heteroatoms. The SMILES string of the molecule is COc1ccc(NC(=O)CCN2CCCN(c3ccc(C#N)cc3)CC2)c([N+](=O)[O-])c1. The number of anilines is 2. The van der Waals surface area contributed by atoms with Crippen LogP contribution in [0.4, 0.5) is 17.1 Å². The number of methoxy groups -OCH3 is 1. The van der Waals surface area contributed by atoms with Gasteiger partial charge in [0.15, 0.2) is 0 Å². The van der Waals surface area contributed by atoms with Gasteiger partial charge >= 0.3 is 0 Å². The second-order valence-electron chi connectivity index (χ2n) is 7.28. The van der Waals surface area contributed by atoms with Crippen LogP contribution >= 0.6 is 0 Å². The zero-order valence-electron chi connectivity index (χ0n) is 17.4. The summed E-state index contributed by atoms with van der Waals surface area (Å²) in [4.78, 5) is 27.6. The maximum atomic E-state index is 12.4. The van der Waals surface area contributed by atoms with E-state index in [1.165, 1.54) is 19.2 Å². The lowest BCUT2D eigenvalue weighted by atomic mass is 10.2. The Morgan fingerprint density at radius 2 is 1.97 bits per heavy atom. The fraction of sp³-hybridized carbons (Fsp3) is 0.364. The standard InChI is InChI=1S/C22H25N5O4/c1-31-19-7-8-20(21(15-19)27(29)30)24-22(28)9-12-25-10-2-11-26(14-13-25)18-5-3-17(16-23)4-6-18/h3-8,15H,2,9-14H2,1H3,(H,24,28). The van der Waals surface area contributed by atoms with Gasteiger partial charge in [0.05, 0.1) is 29.7 Å². The predicted molar refractivity (Wildman–Crippen MR) is 117 cm³/mol. The third-order valence-corrected chi connectivity index (χ3v) is 5.28. The minimum absolute atomic E-state index is 0.165. The van der Waals surface area contributed by atoms with E-state index in [0.717, 1.165) is 38.3 Å². The quantitative estimate of drug-likeness (QED) is 0.538. The normalized spacial score (nSPS) is 14.4. The summed E-state index contributed by atoms with van der Waals surface area (Å²) in [6.07, 6.45) is 1.21. The molecule has 1 N–H and O–H groups in total. The fourth-order valence-corrected chi connectivity index (χ4v) is 3.57. The lowest BCUT2D eigenvalue weighted by Crippen LogP contribution is -2.32. The molecule has 1 saturated heterocycles. The summed E-state index contributed by atoms with van der Waals surface area (Å²) >= 11 is 0. The highest BCUT2D eigenvalue weighted by atomic mass is 16.6. The summed E-state index contributed by atoms with van der Waals surface area (Å²) in [7, 11) is 1.43. The summed E-state index contributed by atoms with van der Waals surface area (Å²) in [5.41, 5.74) is 1.70. The van der Waals surface area contributed by atoms with Crippen molar-refractivity contribution in [1.82, 2.24) is 4.90 Å². The zero-order chi connectivity index (χ0) is 22.2. The van der Waals surface area contributed by atoms with Crippen molar-refractivity contribution in [1.29, 1.82) is 5.26 Å². The topological polar surface area (TPSA) is 112 Å². The van der Waals surface area contributed by atoms with Crippen LogP contribution in [0.3, 0.4) is 0 Å². The number of amides is 1. The van der Waals surface area contributed by atoms with E-state index in [1.807, 2.05) is 24.3 Å². The number of nitrogens with zero attached hydrogens (tertiary/aromatic N) is 4. The lowest BCUT2D eigenvalue weighted by molar-refractivity contribution is -0.384. The van der Waals surface area contributed by atoms with Crippen molar-refractivity contribution in [3.63, 3.8) is 0 Å². The Morgan fingerprint density at radius 1 is 1.19 bits per heavy atom. The van der Waals surface area contributed by atoms with Gasteiger partial charge in [-0.3, -0.25) is 14.9 Å². The van der Waals surface area contributed by atoms with Crippen molar-refractivity contribution < 1.29 is 14.5 Å². The van der Waals surface area contributed by atoms with Gasteiger partial charge in [-0.2, -0.15) is 5.26 Å². The number of nitro benzene ring substituents is 1. The highest BCUT2D eigenvalue weighted by Crippen LogP contribution is 2.29. The Hall–Kier alpha value is -3.64. The van der Waals surface area contributed by atoms with Gasteiger partial charge in [-0.25, -0.2) is 0 Å². The first kappa shape index (κ1) is 22.1. The van der Waals surface area contributed by atoms with Gasteiger partial charge < -0.3 is 19.9 Å². The van der Waals surface area contributed by atoms with Crippen LogP contribution in [0.15, 0.2) is 42.5 Å². The second kappa shape index (κ2) is 10.4. The number of nitriles is 1. The van der Waals surface area contributed by atoms with Gasteiger partial charge in [0.1, 0.15) is 11.4 Å². The number of carbonyl (C=O) groups excluding carboxylic acids is 1. The number of carbonyl (C=O) groups is 1. The molecule has 1 amide bonds. The molecule has 0 unspecified atom stereocenters. The van der Waals surface area contributed by atoms with Crippen molar-refractivity contribution in [2.24, 2.45) is 0 Å². The smallest absolute Gasteiger partial charge is 0.296 e. The van der Waals surface area contributed by atoms with Crippen molar-refractivity contribution >= 4 is 23.0 Å². The van der Waals surface area contributed by atoms with Crippen LogP contribution in [0, 0.1) is 21.4 Å². The van der Waals surface area contributed by atoms with Crippen LogP contribution in [0.5, 0.6) is 5.75 Å². The molecule has 31 heavy (non-hydrogen) atoms. The molecule has 162 valence electrons. The second-order valence-corrected chi connectivity index (χ2v) is 7.28. The molecule has 3 rings (SSSR count). The molecule has 1 heterocycles. The van der Waals surface area contributed by atoms with Crippen molar-refractivity contribution in [2.45, 2.75) is 12.8 Å². The molecular formula is C22H25N5O4. The van der Waals surface area contributed by atoms with E-state index in [9.17, 15) is 14.9 Å². The number of nitro groups is 1. The molecule has 0 aliphatic carbocycles. The molecule has 0 spiro atoms. The molecule has 2 aromatic rings. The molecule has 0 atom stereocenters. The summed E-state index contributed by atoms with van der Waals surface area (Å²) in [6, 6.07) is 14.0. The van der Waals surface area contributed by atoms with Crippen LogP contribution in [-0.4, -0.2) is 55.6 Å². The summed E-state index contributed by atoms with van der Waals surface area (Å²) < 4.78 is 5.01. The third-order valence-electron chi connectivity index (χ3n) is 5.28. The fourth-order valence-electron chi connectivity index (χ4n) is 3.57. The largest absolute Gasteiger partial charge is 0.496 e. The van der Waals surface area contributed by atoms with E-state index in [4.69, 9.17) is 10.00 Å². The molecule has 0 radical (unpaired) electrons.